The van der Waals surface area contributed by atoms with Crippen molar-refractivity contribution in [1.82, 2.24) is 5.32 Å². The van der Waals surface area contributed by atoms with Gasteiger partial charge in [-0.15, -0.1) is 0 Å². The molecule has 0 radical (unpaired) electrons. The first kappa shape index (κ1) is 12.2. The summed E-state index contributed by atoms with van der Waals surface area (Å²) in [4.78, 5) is 0. The van der Waals surface area contributed by atoms with E-state index in [9.17, 15) is 13.2 Å². The van der Waals surface area contributed by atoms with Crippen LogP contribution in [0.4, 0.5) is 18.9 Å². The van der Waals surface area contributed by atoms with Crippen molar-refractivity contribution >= 4 is 5.69 Å². The van der Waals surface area contributed by atoms with Crippen LogP contribution in [0.5, 0.6) is 0 Å². The summed E-state index contributed by atoms with van der Waals surface area (Å²) in [5, 5.41) is 6.01. The summed E-state index contributed by atoms with van der Waals surface area (Å²) in [5.74, 6) is -2.96. The number of hydrogen-bond acceptors (Lipinski definition) is 2. The van der Waals surface area contributed by atoms with Gasteiger partial charge in [0.15, 0.2) is 11.6 Å². The molecule has 2 N–H and O–H groups in total. The second-order valence-electron chi connectivity index (χ2n) is 4.28. The quantitative estimate of drug-likeness (QED) is 0.799. The molecule has 1 fully saturated rings. The van der Waals surface area contributed by atoms with Crippen LogP contribution in [0, 0.1) is 17.5 Å². The van der Waals surface area contributed by atoms with Crippen LogP contribution < -0.4 is 10.6 Å². The van der Waals surface area contributed by atoms with Gasteiger partial charge in [0.25, 0.3) is 0 Å². The molecule has 1 aromatic rings. The van der Waals surface area contributed by atoms with Crippen LogP contribution in [0.2, 0.25) is 0 Å². The SMILES string of the molecule is Fc1cc(F)c(F)c(NCC2CCCCN2)c1. The number of anilines is 1. The molecule has 94 valence electrons. The number of benzene rings is 1. The predicted octanol–water partition coefficient (Wildman–Crippen LogP) is 2.66. The Bertz CT molecular complexity index is 390. The fraction of sp³-hybridized carbons (Fsp3) is 0.500. The molecule has 5 heteroatoms. The van der Waals surface area contributed by atoms with E-state index in [2.05, 4.69) is 10.6 Å². The van der Waals surface area contributed by atoms with Gasteiger partial charge in [0.1, 0.15) is 5.82 Å². The third-order valence-electron chi connectivity index (χ3n) is 2.94. The normalized spacial score (nSPS) is 20.3. The fourth-order valence-corrected chi connectivity index (χ4v) is 2.02. The number of nitrogens with one attached hydrogen (secondary N) is 2. The Morgan fingerprint density at radius 1 is 1.24 bits per heavy atom. The molecule has 1 unspecified atom stereocenters. The zero-order valence-electron chi connectivity index (χ0n) is 9.40. The van der Waals surface area contributed by atoms with E-state index in [0.717, 1.165) is 31.9 Å². The predicted molar refractivity (Wildman–Crippen MR) is 60.4 cm³/mol. The van der Waals surface area contributed by atoms with Crippen molar-refractivity contribution in [2.75, 3.05) is 18.4 Å². The van der Waals surface area contributed by atoms with Crippen LogP contribution in [-0.4, -0.2) is 19.1 Å². The molecule has 1 atom stereocenters. The minimum absolute atomic E-state index is 0.116. The van der Waals surface area contributed by atoms with E-state index in [0.29, 0.717) is 12.6 Å². The molecule has 0 aliphatic carbocycles. The summed E-state index contributed by atoms with van der Waals surface area (Å²) in [7, 11) is 0. The molecule has 0 saturated carbocycles. The van der Waals surface area contributed by atoms with Crippen molar-refractivity contribution in [2.45, 2.75) is 25.3 Å². The van der Waals surface area contributed by atoms with Crippen LogP contribution >= 0.6 is 0 Å². The van der Waals surface area contributed by atoms with Gasteiger partial charge in [0.05, 0.1) is 5.69 Å². The van der Waals surface area contributed by atoms with Gasteiger partial charge in [0.2, 0.25) is 0 Å². The Morgan fingerprint density at radius 3 is 2.76 bits per heavy atom. The molecule has 17 heavy (non-hydrogen) atoms. The number of halogens is 3. The monoisotopic (exact) mass is 244 g/mol. The fourth-order valence-electron chi connectivity index (χ4n) is 2.02. The van der Waals surface area contributed by atoms with Gasteiger partial charge in [-0.2, -0.15) is 0 Å². The first-order valence-corrected chi connectivity index (χ1v) is 5.78. The highest BCUT2D eigenvalue weighted by Gasteiger charge is 2.15. The third-order valence-corrected chi connectivity index (χ3v) is 2.94. The minimum Gasteiger partial charge on any atom is -0.381 e. The maximum atomic E-state index is 13.3. The van der Waals surface area contributed by atoms with E-state index in [1.807, 2.05) is 0 Å². The van der Waals surface area contributed by atoms with Crippen LogP contribution in [0.1, 0.15) is 19.3 Å². The highest BCUT2D eigenvalue weighted by atomic mass is 19.2. The summed E-state index contributed by atoms with van der Waals surface area (Å²) in [6.07, 6.45) is 3.26. The molecule has 1 aromatic carbocycles. The van der Waals surface area contributed by atoms with Gasteiger partial charge >= 0.3 is 0 Å². The lowest BCUT2D eigenvalue weighted by Gasteiger charge is -2.24. The maximum Gasteiger partial charge on any atom is 0.182 e. The average Bonchev–Trinajstić information content (AvgIpc) is 2.33. The summed E-state index contributed by atoms with van der Waals surface area (Å²) in [6, 6.07) is 1.75. The van der Waals surface area contributed by atoms with E-state index in [1.165, 1.54) is 0 Å². The van der Waals surface area contributed by atoms with Crippen LogP contribution in [-0.2, 0) is 0 Å². The standard InChI is InChI=1S/C12H15F3N2/c13-8-5-10(14)12(15)11(6-8)17-7-9-3-1-2-4-16-9/h5-6,9,16-17H,1-4,7H2. The van der Waals surface area contributed by atoms with Crippen molar-refractivity contribution in [1.29, 1.82) is 0 Å². The summed E-state index contributed by atoms with van der Waals surface area (Å²) >= 11 is 0. The first-order valence-electron chi connectivity index (χ1n) is 5.78. The van der Waals surface area contributed by atoms with E-state index in [1.54, 1.807) is 0 Å². The van der Waals surface area contributed by atoms with Crippen molar-refractivity contribution in [3.05, 3.63) is 29.6 Å². The largest absolute Gasteiger partial charge is 0.381 e. The zero-order chi connectivity index (χ0) is 12.3. The van der Waals surface area contributed by atoms with Crippen molar-refractivity contribution in [2.24, 2.45) is 0 Å². The molecule has 0 spiro atoms. The molecule has 0 bridgehead atoms. The Kier molecular flexibility index (Phi) is 3.89. The van der Waals surface area contributed by atoms with Gasteiger partial charge in [-0.05, 0) is 19.4 Å². The Balaban J connectivity index is 1.98. The Morgan fingerprint density at radius 2 is 2.06 bits per heavy atom. The van der Waals surface area contributed by atoms with Crippen LogP contribution in [0.3, 0.4) is 0 Å². The molecule has 1 aliphatic heterocycles. The molecule has 0 amide bonds. The molecule has 2 rings (SSSR count). The van der Waals surface area contributed by atoms with Crippen LogP contribution in [0.15, 0.2) is 12.1 Å². The molecule has 2 nitrogen and oxygen atoms in total. The second-order valence-corrected chi connectivity index (χ2v) is 4.28. The van der Waals surface area contributed by atoms with E-state index in [-0.39, 0.29) is 11.7 Å². The van der Waals surface area contributed by atoms with Crippen molar-refractivity contribution in [3.8, 4) is 0 Å². The molecule has 0 aromatic heterocycles. The van der Waals surface area contributed by atoms with E-state index < -0.39 is 17.5 Å². The molecule has 1 saturated heterocycles. The van der Waals surface area contributed by atoms with Crippen molar-refractivity contribution in [3.63, 3.8) is 0 Å². The third kappa shape index (κ3) is 3.12. The van der Waals surface area contributed by atoms with Gasteiger partial charge in [-0.25, -0.2) is 13.2 Å². The van der Waals surface area contributed by atoms with E-state index >= 15 is 0 Å². The Hall–Kier alpha value is -1.23. The Labute approximate surface area is 98.2 Å². The molecule has 1 aliphatic rings. The lowest BCUT2D eigenvalue weighted by Crippen LogP contribution is -2.39. The molecule has 1 heterocycles. The van der Waals surface area contributed by atoms with Gasteiger partial charge < -0.3 is 10.6 Å². The number of rotatable bonds is 3. The summed E-state index contributed by atoms with van der Waals surface area (Å²) in [5.41, 5.74) is -0.116. The minimum atomic E-state index is -1.16. The number of piperidine rings is 1. The maximum absolute atomic E-state index is 13.3. The van der Waals surface area contributed by atoms with E-state index in [4.69, 9.17) is 0 Å². The average molecular weight is 244 g/mol. The van der Waals surface area contributed by atoms with Crippen molar-refractivity contribution < 1.29 is 13.2 Å². The van der Waals surface area contributed by atoms with Gasteiger partial charge in [0, 0.05) is 24.7 Å². The summed E-state index contributed by atoms with van der Waals surface area (Å²) in [6.45, 7) is 1.41. The zero-order valence-corrected chi connectivity index (χ0v) is 9.40. The van der Waals surface area contributed by atoms with Crippen LogP contribution in [0.25, 0.3) is 0 Å². The lowest BCUT2D eigenvalue weighted by molar-refractivity contribution is 0.413. The summed E-state index contributed by atoms with van der Waals surface area (Å²) < 4.78 is 39.2. The molecular formula is C12H15F3N2. The number of hydrogen-bond donors (Lipinski definition) is 2. The first-order chi connectivity index (χ1) is 8.16. The second kappa shape index (κ2) is 5.40. The highest BCUT2D eigenvalue weighted by molar-refractivity contribution is 5.45. The highest BCUT2D eigenvalue weighted by Crippen LogP contribution is 2.19. The smallest absolute Gasteiger partial charge is 0.182 e. The molecular weight excluding hydrogens is 229 g/mol. The lowest BCUT2D eigenvalue weighted by atomic mass is 10.1. The van der Waals surface area contributed by atoms with Gasteiger partial charge in [-0.1, -0.05) is 6.42 Å². The van der Waals surface area contributed by atoms with Gasteiger partial charge in [-0.3, -0.25) is 0 Å². The topological polar surface area (TPSA) is 24.1 Å².